The molecule has 1 aliphatic heterocycles. The Morgan fingerprint density at radius 3 is 2.25 bits per heavy atom. The van der Waals surface area contributed by atoms with Crippen LogP contribution in [0.2, 0.25) is 0 Å². The zero-order valence-corrected chi connectivity index (χ0v) is 20.3. The third-order valence-corrected chi connectivity index (χ3v) is 8.55. The van der Waals surface area contributed by atoms with E-state index in [2.05, 4.69) is 50.2 Å². The number of rotatable bonds is 8. The number of hydrogen-bond donors (Lipinski definition) is 1. The van der Waals surface area contributed by atoms with Crippen molar-refractivity contribution < 1.29 is 8.42 Å². The second-order valence-corrected chi connectivity index (χ2v) is 11.2. The summed E-state index contributed by atoms with van der Waals surface area (Å²) in [5.41, 5.74) is 2.37. The smallest absolute Gasteiger partial charge is 0.240 e. The fourth-order valence-electron chi connectivity index (χ4n) is 4.34. The minimum Gasteiger partial charge on any atom is -0.297 e. The lowest BCUT2D eigenvalue weighted by Crippen LogP contribution is -2.52. The molecule has 1 saturated heterocycles. The molecule has 0 aliphatic carbocycles. The van der Waals surface area contributed by atoms with Gasteiger partial charge in [0.15, 0.2) is 0 Å². The Balaban J connectivity index is 1.45. The average Bonchev–Trinajstić information content (AvgIpc) is 3.30. The van der Waals surface area contributed by atoms with Crippen LogP contribution >= 0.6 is 11.3 Å². The SMILES string of the molecule is Cc1ccc(S(=O)(=O)N[C@H](C)[C@H](c2cccs2)N2CCN(Cc3ccccc3)CC2)cc1. The van der Waals surface area contributed by atoms with Gasteiger partial charge in [0, 0.05) is 43.6 Å². The molecule has 3 aromatic rings. The molecule has 32 heavy (non-hydrogen) atoms. The molecule has 1 aliphatic rings. The van der Waals surface area contributed by atoms with Gasteiger partial charge in [-0.05, 0) is 43.0 Å². The lowest BCUT2D eigenvalue weighted by molar-refractivity contribution is 0.0819. The van der Waals surface area contributed by atoms with Crippen LogP contribution in [-0.4, -0.2) is 50.4 Å². The summed E-state index contributed by atoms with van der Waals surface area (Å²) in [6, 6.07) is 21.5. The predicted octanol–water partition coefficient (Wildman–Crippen LogP) is 4.28. The van der Waals surface area contributed by atoms with Crippen LogP contribution in [0.5, 0.6) is 0 Å². The average molecular weight is 470 g/mol. The fourth-order valence-corrected chi connectivity index (χ4v) is 6.55. The van der Waals surface area contributed by atoms with Gasteiger partial charge in [-0.25, -0.2) is 13.1 Å². The molecule has 0 radical (unpaired) electrons. The molecule has 1 fully saturated rings. The van der Waals surface area contributed by atoms with Crippen molar-refractivity contribution in [3.63, 3.8) is 0 Å². The normalized spacial score (nSPS) is 17.8. The lowest BCUT2D eigenvalue weighted by Gasteiger charge is -2.41. The number of hydrogen-bond acceptors (Lipinski definition) is 5. The molecule has 0 bridgehead atoms. The Kier molecular flexibility index (Phi) is 7.43. The number of nitrogens with one attached hydrogen (secondary N) is 1. The van der Waals surface area contributed by atoms with E-state index < -0.39 is 10.0 Å². The third kappa shape index (κ3) is 5.66. The van der Waals surface area contributed by atoms with Gasteiger partial charge in [0.1, 0.15) is 0 Å². The summed E-state index contributed by atoms with van der Waals surface area (Å²) in [6.45, 7) is 8.64. The van der Waals surface area contributed by atoms with Gasteiger partial charge in [0.25, 0.3) is 0 Å². The molecule has 2 heterocycles. The van der Waals surface area contributed by atoms with Crippen LogP contribution in [-0.2, 0) is 16.6 Å². The van der Waals surface area contributed by atoms with Gasteiger partial charge < -0.3 is 0 Å². The molecule has 0 spiro atoms. The van der Waals surface area contributed by atoms with Crippen molar-refractivity contribution >= 4 is 21.4 Å². The van der Waals surface area contributed by atoms with Crippen LogP contribution in [0, 0.1) is 6.92 Å². The molecule has 0 amide bonds. The maximum Gasteiger partial charge on any atom is 0.240 e. The summed E-state index contributed by atoms with van der Waals surface area (Å²) < 4.78 is 29.0. The molecule has 0 unspecified atom stereocenters. The Morgan fingerprint density at radius 1 is 0.938 bits per heavy atom. The molecule has 1 N–H and O–H groups in total. The molecule has 4 rings (SSSR count). The highest BCUT2D eigenvalue weighted by Gasteiger charge is 2.32. The predicted molar refractivity (Wildman–Crippen MR) is 131 cm³/mol. The molecule has 2 atom stereocenters. The molecule has 1 aromatic heterocycles. The molecule has 170 valence electrons. The number of piperazine rings is 1. The van der Waals surface area contributed by atoms with Gasteiger partial charge in [0.05, 0.1) is 10.9 Å². The van der Waals surface area contributed by atoms with Crippen molar-refractivity contribution in [2.24, 2.45) is 0 Å². The minimum atomic E-state index is -3.58. The van der Waals surface area contributed by atoms with Crippen molar-refractivity contribution in [3.05, 3.63) is 88.1 Å². The Labute approximate surface area is 195 Å². The molecule has 7 heteroatoms. The van der Waals surface area contributed by atoms with Crippen molar-refractivity contribution in [1.82, 2.24) is 14.5 Å². The van der Waals surface area contributed by atoms with Crippen LogP contribution in [0.25, 0.3) is 0 Å². The standard InChI is InChI=1S/C25H31N3O2S2/c1-20-10-12-23(13-11-20)32(29,30)26-21(2)25(24-9-6-18-31-24)28-16-14-27(15-17-28)19-22-7-4-3-5-8-22/h3-13,18,21,25-26H,14-17,19H2,1-2H3/t21-,25-/m1/s1. The number of nitrogens with zero attached hydrogens (tertiary/aromatic N) is 2. The number of thiophene rings is 1. The molecular weight excluding hydrogens is 438 g/mol. The summed E-state index contributed by atoms with van der Waals surface area (Å²) in [6.07, 6.45) is 0. The van der Waals surface area contributed by atoms with Crippen molar-refractivity contribution in [3.8, 4) is 0 Å². The zero-order valence-electron chi connectivity index (χ0n) is 18.6. The Bertz CT molecular complexity index is 1080. The monoisotopic (exact) mass is 469 g/mol. The van der Waals surface area contributed by atoms with Crippen molar-refractivity contribution in [2.45, 2.75) is 37.4 Å². The summed E-state index contributed by atoms with van der Waals surface area (Å²) in [5, 5.41) is 2.06. The van der Waals surface area contributed by atoms with E-state index >= 15 is 0 Å². The van der Waals surface area contributed by atoms with Gasteiger partial charge in [-0.1, -0.05) is 54.1 Å². The lowest BCUT2D eigenvalue weighted by atomic mass is 10.1. The number of benzene rings is 2. The van der Waals surface area contributed by atoms with Crippen LogP contribution in [0.3, 0.4) is 0 Å². The number of sulfonamides is 1. The van der Waals surface area contributed by atoms with E-state index in [9.17, 15) is 8.42 Å². The second-order valence-electron chi connectivity index (χ2n) is 8.48. The van der Waals surface area contributed by atoms with Crippen LogP contribution in [0.4, 0.5) is 0 Å². The zero-order chi connectivity index (χ0) is 22.6. The first-order valence-electron chi connectivity index (χ1n) is 11.0. The largest absolute Gasteiger partial charge is 0.297 e. The molecular formula is C25H31N3O2S2. The first-order chi connectivity index (χ1) is 15.4. The van der Waals surface area contributed by atoms with Gasteiger partial charge in [0.2, 0.25) is 10.0 Å². The van der Waals surface area contributed by atoms with E-state index in [1.54, 1.807) is 23.5 Å². The Morgan fingerprint density at radius 2 is 1.62 bits per heavy atom. The first-order valence-corrected chi connectivity index (χ1v) is 13.4. The highest BCUT2D eigenvalue weighted by Crippen LogP contribution is 2.30. The summed E-state index contributed by atoms with van der Waals surface area (Å²) in [7, 11) is -3.58. The maximum absolute atomic E-state index is 13.0. The topological polar surface area (TPSA) is 52.7 Å². The minimum absolute atomic E-state index is 0.00842. The van der Waals surface area contributed by atoms with Gasteiger partial charge in [-0.15, -0.1) is 11.3 Å². The highest BCUT2D eigenvalue weighted by molar-refractivity contribution is 7.89. The van der Waals surface area contributed by atoms with Crippen LogP contribution in [0.15, 0.2) is 77.0 Å². The summed E-state index contributed by atoms with van der Waals surface area (Å²) in [4.78, 5) is 6.40. The third-order valence-electron chi connectivity index (χ3n) is 6.03. The Hall–Kier alpha value is -2.03. The van der Waals surface area contributed by atoms with E-state index in [-0.39, 0.29) is 12.1 Å². The summed E-state index contributed by atoms with van der Waals surface area (Å²) in [5.74, 6) is 0. The highest BCUT2D eigenvalue weighted by atomic mass is 32.2. The van der Waals surface area contributed by atoms with E-state index in [1.807, 2.05) is 38.1 Å². The van der Waals surface area contributed by atoms with Crippen molar-refractivity contribution in [1.29, 1.82) is 0 Å². The molecule has 2 aromatic carbocycles. The fraction of sp³-hybridized carbons (Fsp3) is 0.360. The van der Waals surface area contributed by atoms with E-state index in [0.717, 1.165) is 38.3 Å². The number of aryl methyl sites for hydroxylation is 1. The van der Waals surface area contributed by atoms with Gasteiger partial charge in [-0.2, -0.15) is 0 Å². The van der Waals surface area contributed by atoms with E-state index in [0.29, 0.717) is 4.90 Å². The quantitative estimate of drug-likeness (QED) is 0.535. The van der Waals surface area contributed by atoms with Crippen LogP contribution in [0.1, 0.15) is 29.0 Å². The van der Waals surface area contributed by atoms with Gasteiger partial charge >= 0.3 is 0 Å². The van der Waals surface area contributed by atoms with E-state index in [1.165, 1.54) is 10.4 Å². The van der Waals surface area contributed by atoms with Crippen LogP contribution < -0.4 is 4.72 Å². The molecule has 5 nitrogen and oxygen atoms in total. The van der Waals surface area contributed by atoms with Crippen molar-refractivity contribution in [2.75, 3.05) is 26.2 Å². The summed E-state index contributed by atoms with van der Waals surface area (Å²) >= 11 is 1.69. The van der Waals surface area contributed by atoms with E-state index in [4.69, 9.17) is 0 Å². The molecule has 0 saturated carbocycles. The maximum atomic E-state index is 13.0. The second kappa shape index (κ2) is 10.3. The van der Waals surface area contributed by atoms with Gasteiger partial charge in [-0.3, -0.25) is 9.80 Å². The first kappa shape index (κ1) is 23.1.